The Bertz CT molecular complexity index is 1110. The van der Waals surface area contributed by atoms with Gasteiger partial charge in [-0.25, -0.2) is 4.90 Å². The minimum absolute atomic E-state index is 0.0339. The van der Waals surface area contributed by atoms with Gasteiger partial charge in [-0.1, -0.05) is 25.0 Å². The van der Waals surface area contributed by atoms with E-state index in [-0.39, 0.29) is 41.8 Å². The molecule has 35 heavy (non-hydrogen) atoms. The van der Waals surface area contributed by atoms with E-state index in [0.717, 1.165) is 35.5 Å². The zero-order chi connectivity index (χ0) is 24.9. The van der Waals surface area contributed by atoms with E-state index >= 15 is 0 Å². The Hall–Kier alpha value is -3.33. The predicted octanol–water partition coefficient (Wildman–Crippen LogP) is 3.85. The average molecular weight is 496 g/mol. The quantitative estimate of drug-likeness (QED) is 0.442. The number of hydrogen-bond acceptors (Lipinski definition) is 6. The van der Waals surface area contributed by atoms with E-state index in [1.54, 1.807) is 36.3 Å². The number of imide groups is 1. The summed E-state index contributed by atoms with van der Waals surface area (Å²) in [7, 11) is 1.59. The van der Waals surface area contributed by atoms with E-state index in [2.05, 4.69) is 5.32 Å². The number of nitrogens with one attached hydrogen (secondary N) is 1. The maximum absolute atomic E-state index is 13.5. The number of nitrogens with zero attached hydrogens (tertiary/aromatic N) is 2. The topological polar surface area (TPSA) is 96.0 Å². The Morgan fingerprint density at radius 1 is 1.09 bits per heavy atom. The molecule has 4 amide bonds. The summed E-state index contributed by atoms with van der Waals surface area (Å²) in [6.07, 6.45) is 3.62. The van der Waals surface area contributed by atoms with Gasteiger partial charge in [-0.15, -0.1) is 11.8 Å². The van der Waals surface area contributed by atoms with Crippen molar-refractivity contribution in [3.63, 3.8) is 0 Å². The molecule has 8 nitrogen and oxygen atoms in total. The molecule has 1 N–H and O–H groups in total. The lowest BCUT2D eigenvalue weighted by atomic mass is 10.1. The van der Waals surface area contributed by atoms with E-state index < -0.39 is 6.04 Å². The van der Waals surface area contributed by atoms with Crippen LogP contribution >= 0.6 is 11.8 Å². The molecule has 0 bridgehead atoms. The Morgan fingerprint density at radius 2 is 1.77 bits per heavy atom. The molecule has 1 atom stereocenters. The number of carbonyl (C=O) groups is 4. The van der Waals surface area contributed by atoms with E-state index in [1.807, 2.05) is 24.3 Å². The molecule has 0 unspecified atom stereocenters. The van der Waals surface area contributed by atoms with Crippen LogP contribution < -0.4 is 15.0 Å². The number of amides is 4. The van der Waals surface area contributed by atoms with E-state index in [0.29, 0.717) is 17.1 Å². The molecule has 1 saturated carbocycles. The maximum atomic E-state index is 13.5. The van der Waals surface area contributed by atoms with Gasteiger partial charge in [0, 0.05) is 23.5 Å². The van der Waals surface area contributed by atoms with Crippen molar-refractivity contribution in [3.05, 3.63) is 48.5 Å². The first-order valence-electron chi connectivity index (χ1n) is 11.7. The van der Waals surface area contributed by atoms with Gasteiger partial charge in [-0.05, 0) is 49.2 Å². The standard InChI is InChI=1S/C26H29N3O5S/c1-17(30)27-18-11-13-20(14-12-18)29-24(31)15-21(26(29)33)28(19-7-3-4-8-19)25(32)16-35-23-10-6-5-9-22(23)34-2/h5-6,9-14,19,21H,3-4,7-8,15-16H2,1-2H3,(H,27,30)/t21-/m1/s1. The van der Waals surface area contributed by atoms with Crippen LogP contribution in [-0.2, 0) is 19.2 Å². The minimum atomic E-state index is -0.814. The number of para-hydroxylation sites is 1. The summed E-state index contributed by atoms with van der Waals surface area (Å²) in [5, 5.41) is 2.67. The number of hydrogen-bond donors (Lipinski definition) is 1. The second kappa shape index (κ2) is 10.9. The van der Waals surface area contributed by atoms with Crippen LogP contribution in [0.4, 0.5) is 11.4 Å². The van der Waals surface area contributed by atoms with Gasteiger partial charge < -0.3 is 15.0 Å². The first kappa shape index (κ1) is 24.8. The van der Waals surface area contributed by atoms with Crippen LogP contribution in [0.3, 0.4) is 0 Å². The largest absolute Gasteiger partial charge is 0.496 e. The van der Waals surface area contributed by atoms with E-state index in [9.17, 15) is 19.2 Å². The number of methoxy groups -OCH3 is 1. The summed E-state index contributed by atoms with van der Waals surface area (Å²) in [5.41, 5.74) is 1.01. The average Bonchev–Trinajstić information content (AvgIpc) is 3.47. The van der Waals surface area contributed by atoms with Crippen LogP contribution in [0, 0.1) is 0 Å². The molecule has 1 aliphatic heterocycles. The molecular weight excluding hydrogens is 466 g/mol. The highest BCUT2D eigenvalue weighted by Gasteiger charge is 2.46. The zero-order valence-electron chi connectivity index (χ0n) is 19.9. The van der Waals surface area contributed by atoms with Gasteiger partial charge in [-0.2, -0.15) is 0 Å². The summed E-state index contributed by atoms with van der Waals surface area (Å²) in [5.74, 6) is -0.228. The number of benzene rings is 2. The first-order chi connectivity index (χ1) is 16.9. The Morgan fingerprint density at radius 3 is 2.43 bits per heavy atom. The summed E-state index contributed by atoms with van der Waals surface area (Å²) >= 11 is 1.37. The van der Waals surface area contributed by atoms with Crippen LogP contribution in [-0.4, -0.2) is 53.5 Å². The summed E-state index contributed by atoms with van der Waals surface area (Å²) in [6, 6.07) is 13.2. The van der Waals surface area contributed by atoms with E-state index in [4.69, 9.17) is 4.74 Å². The third-order valence-electron chi connectivity index (χ3n) is 6.33. The van der Waals surface area contributed by atoms with Crippen LogP contribution in [0.15, 0.2) is 53.4 Å². The van der Waals surface area contributed by atoms with Crippen LogP contribution in [0.25, 0.3) is 0 Å². The molecule has 1 heterocycles. The molecule has 2 aromatic carbocycles. The molecule has 1 aliphatic carbocycles. The molecule has 9 heteroatoms. The molecule has 4 rings (SSSR count). The molecule has 0 radical (unpaired) electrons. The summed E-state index contributed by atoms with van der Waals surface area (Å²) in [4.78, 5) is 54.8. The predicted molar refractivity (Wildman–Crippen MR) is 134 cm³/mol. The second-order valence-corrected chi connectivity index (χ2v) is 9.71. The van der Waals surface area contributed by atoms with Crippen molar-refractivity contribution >= 4 is 46.8 Å². The highest BCUT2D eigenvalue weighted by atomic mass is 32.2. The fourth-order valence-electron chi connectivity index (χ4n) is 4.77. The van der Waals surface area contributed by atoms with Gasteiger partial charge in [-0.3, -0.25) is 19.2 Å². The minimum Gasteiger partial charge on any atom is -0.496 e. The first-order valence-corrected chi connectivity index (χ1v) is 12.7. The Balaban J connectivity index is 1.53. The van der Waals surface area contributed by atoms with Crippen molar-refractivity contribution in [3.8, 4) is 5.75 Å². The van der Waals surface area contributed by atoms with Gasteiger partial charge in [0.15, 0.2) is 0 Å². The summed E-state index contributed by atoms with van der Waals surface area (Å²) in [6.45, 7) is 1.41. The van der Waals surface area contributed by atoms with Crippen molar-refractivity contribution in [2.45, 2.75) is 56.0 Å². The third-order valence-corrected chi connectivity index (χ3v) is 7.37. The Labute approximate surface area is 209 Å². The van der Waals surface area contributed by atoms with Crippen molar-refractivity contribution in [1.82, 2.24) is 4.90 Å². The lowest BCUT2D eigenvalue weighted by Crippen LogP contribution is -2.50. The normalized spacial score (nSPS) is 18.1. The van der Waals surface area contributed by atoms with Gasteiger partial charge in [0.1, 0.15) is 11.8 Å². The highest BCUT2D eigenvalue weighted by Crippen LogP contribution is 2.34. The lowest BCUT2D eigenvalue weighted by molar-refractivity contribution is -0.138. The number of ether oxygens (including phenoxy) is 1. The molecule has 2 aliphatic rings. The molecule has 0 spiro atoms. The van der Waals surface area contributed by atoms with Gasteiger partial charge in [0.2, 0.25) is 17.7 Å². The number of rotatable bonds is 8. The molecule has 1 saturated heterocycles. The Kier molecular flexibility index (Phi) is 7.75. The summed E-state index contributed by atoms with van der Waals surface area (Å²) < 4.78 is 5.39. The van der Waals surface area contributed by atoms with Gasteiger partial charge in [0.25, 0.3) is 5.91 Å². The van der Waals surface area contributed by atoms with Crippen molar-refractivity contribution in [2.75, 3.05) is 23.1 Å². The van der Waals surface area contributed by atoms with Gasteiger partial charge in [0.05, 0.1) is 25.0 Å². The molecular formula is C26H29N3O5S. The molecule has 184 valence electrons. The highest BCUT2D eigenvalue weighted by molar-refractivity contribution is 8.00. The SMILES string of the molecule is COc1ccccc1SCC(=O)N(C1CCCC1)[C@@H]1CC(=O)N(c2ccc(NC(C)=O)cc2)C1=O. The second-order valence-electron chi connectivity index (χ2n) is 8.69. The molecule has 2 fully saturated rings. The van der Waals surface area contributed by atoms with Crippen LogP contribution in [0.5, 0.6) is 5.75 Å². The van der Waals surface area contributed by atoms with Crippen molar-refractivity contribution in [1.29, 1.82) is 0 Å². The van der Waals surface area contributed by atoms with E-state index in [1.165, 1.54) is 18.7 Å². The number of thioether (sulfide) groups is 1. The number of anilines is 2. The maximum Gasteiger partial charge on any atom is 0.257 e. The third kappa shape index (κ3) is 5.51. The monoisotopic (exact) mass is 495 g/mol. The number of carbonyl (C=O) groups excluding carboxylic acids is 4. The molecule has 0 aromatic heterocycles. The zero-order valence-corrected chi connectivity index (χ0v) is 20.7. The fourth-order valence-corrected chi connectivity index (χ4v) is 5.66. The molecule has 2 aromatic rings. The lowest BCUT2D eigenvalue weighted by Gasteiger charge is -2.33. The van der Waals surface area contributed by atoms with Crippen LogP contribution in [0.1, 0.15) is 39.0 Å². The van der Waals surface area contributed by atoms with Crippen molar-refractivity contribution in [2.24, 2.45) is 0 Å². The smallest absolute Gasteiger partial charge is 0.257 e. The van der Waals surface area contributed by atoms with Crippen molar-refractivity contribution < 1.29 is 23.9 Å². The van der Waals surface area contributed by atoms with Gasteiger partial charge >= 0.3 is 0 Å². The fraction of sp³-hybridized carbons (Fsp3) is 0.385. The van der Waals surface area contributed by atoms with Crippen LogP contribution in [0.2, 0.25) is 0 Å².